The second-order valence-electron chi connectivity index (χ2n) is 7.23. The van der Waals surface area contributed by atoms with Gasteiger partial charge in [0.1, 0.15) is 5.82 Å². The third kappa shape index (κ3) is 4.06. The van der Waals surface area contributed by atoms with Gasteiger partial charge in [-0.25, -0.2) is 12.8 Å². The summed E-state index contributed by atoms with van der Waals surface area (Å²) in [6, 6.07) is 10.6. The average Bonchev–Trinajstić information content (AvgIpc) is 3.12. The minimum atomic E-state index is -3.85. The molecule has 156 valence electrons. The number of sulfonamides is 1. The highest BCUT2D eigenvalue weighted by molar-refractivity contribution is 7.92. The van der Waals surface area contributed by atoms with Crippen molar-refractivity contribution in [2.75, 3.05) is 4.72 Å². The van der Waals surface area contributed by atoms with Gasteiger partial charge < -0.3 is 5.32 Å². The molecule has 1 aromatic heterocycles. The lowest BCUT2D eigenvalue weighted by Crippen LogP contribution is -2.31. The Hall–Kier alpha value is -3.20. The Morgan fingerprint density at radius 1 is 1.13 bits per heavy atom. The number of hydrogen-bond acceptors (Lipinski definition) is 4. The molecule has 0 saturated carbocycles. The Morgan fingerprint density at radius 2 is 1.83 bits per heavy atom. The second kappa shape index (κ2) is 7.91. The first kappa shape index (κ1) is 20.1. The first-order chi connectivity index (χ1) is 14.3. The van der Waals surface area contributed by atoms with Gasteiger partial charge in [0.25, 0.3) is 15.9 Å². The van der Waals surface area contributed by atoms with Gasteiger partial charge in [0.2, 0.25) is 0 Å². The fourth-order valence-electron chi connectivity index (χ4n) is 3.62. The molecular weight excluding hydrogens is 407 g/mol. The van der Waals surface area contributed by atoms with Crippen LogP contribution in [0.5, 0.6) is 0 Å². The molecule has 2 N–H and O–H groups in total. The van der Waals surface area contributed by atoms with E-state index in [2.05, 4.69) is 15.1 Å². The molecule has 2 aromatic carbocycles. The Bertz CT molecular complexity index is 1170. The van der Waals surface area contributed by atoms with Crippen molar-refractivity contribution >= 4 is 21.6 Å². The van der Waals surface area contributed by atoms with Crippen molar-refractivity contribution in [3.05, 3.63) is 77.4 Å². The van der Waals surface area contributed by atoms with Gasteiger partial charge in [0.15, 0.2) is 0 Å². The molecule has 0 radical (unpaired) electrons. The number of carbonyl (C=O) groups is 1. The molecule has 0 aliphatic heterocycles. The van der Waals surface area contributed by atoms with Gasteiger partial charge in [-0.2, -0.15) is 5.10 Å². The van der Waals surface area contributed by atoms with E-state index in [1.54, 1.807) is 6.20 Å². The van der Waals surface area contributed by atoms with Crippen LogP contribution in [0.4, 0.5) is 10.1 Å². The zero-order valence-corrected chi connectivity index (χ0v) is 17.1. The summed E-state index contributed by atoms with van der Waals surface area (Å²) < 4.78 is 42.2. The quantitative estimate of drug-likeness (QED) is 0.653. The molecule has 1 amide bonds. The maximum Gasteiger partial charge on any atom is 0.261 e. The predicted molar refractivity (Wildman–Crippen MR) is 110 cm³/mol. The molecule has 1 heterocycles. The summed E-state index contributed by atoms with van der Waals surface area (Å²) in [6.45, 7) is 0. The van der Waals surface area contributed by atoms with E-state index in [4.69, 9.17) is 0 Å². The SMILES string of the molecule is Cn1ncc2c1CCCC2NC(=O)c1ccc(S(=O)(=O)Nc2ccc(F)cc2)cc1. The normalized spacial score (nSPS) is 16.0. The van der Waals surface area contributed by atoms with Gasteiger partial charge in [-0.05, 0) is 67.8 Å². The van der Waals surface area contributed by atoms with E-state index in [9.17, 15) is 17.6 Å². The number of benzene rings is 2. The Morgan fingerprint density at radius 3 is 2.53 bits per heavy atom. The van der Waals surface area contributed by atoms with E-state index >= 15 is 0 Å². The standard InChI is InChI=1S/C21H21FN4O3S/c1-26-20-4-2-3-19(18(20)13-23-26)24-21(27)14-5-11-17(12-6-14)30(28,29)25-16-9-7-15(22)8-10-16/h5-13,19,25H,2-4H2,1H3,(H,24,27). The highest BCUT2D eigenvalue weighted by Crippen LogP contribution is 2.29. The van der Waals surface area contributed by atoms with Crippen LogP contribution in [-0.2, 0) is 23.5 Å². The van der Waals surface area contributed by atoms with Gasteiger partial charge in [-0.3, -0.25) is 14.2 Å². The lowest BCUT2D eigenvalue weighted by atomic mass is 9.93. The van der Waals surface area contributed by atoms with Crippen molar-refractivity contribution in [1.82, 2.24) is 15.1 Å². The fraction of sp³-hybridized carbons (Fsp3) is 0.238. The summed E-state index contributed by atoms with van der Waals surface area (Å²) in [5.74, 6) is -0.725. The van der Waals surface area contributed by atoms with Crippen LogP contribution in [0.25, 0.3) is 0 Å². The number of hydrogen-bond donors (Lipinski definition) is 2. The Kier molecular flexibility index (Phi) is 5.29. The Labute approximate surface area is 174 Å². The second-order valence-corrected chi connectivity index (χ2v) is 8.91. The maximum absolute atomic E-state index is 13.0. The summed E-state index contributed by atoms with van der Waals surface area (Å²) in [6.07, 6.45) is 4.52. The smallest absolute Gasteiger partial charge is 0.261 e. The average molecular weight is 428 g/mol. The summed E-state index contributed by atoms with van der Waals surface area (Å²) >= 11 is 0. The first-order valence-electron chi connectivity index (χ1n) is 9.53. The van der Waals surface area contributed by atoms with Crippen molar-refractivity contribution in [2.24, 2.45) is 7.05 Å². The molecular formula is C21H21FN4O3S. The predicted octanol–water partition coefficient (Wildman–Crippen LogP) is 3.17. The zero-order chi connectivity index (χ0) is 21.3. The van der Waals surface area contributed by atoms with E-state index < -0.39 is 15.8 Å². The number of halogens is 1. The molecule has 7 nitrogen and oxygen atoms in total. The first-order valence-corrected chi connectivity index (χ1v) is 11.0. The molecule has 1 unspecified atom stereocenters. The summed E-state index contributed by atoms with van der Waals surface area (Å²) in [5.41, 5.74) is 2.77. The summed E-state index contributed by atoms with van der Waals surface area (Å²) in [5, 5.41) is 7.29. The van der Waals surface area contributed by atoms with E-state index in [0.717, 1.165) is 30.5 Å². The highest BCUT2D eigenvalue weighted by Gasteiger charge is 2.25. The van der Waals surface area contributed by atoms with E-state index in [0.29, 0.717) is 5.56 Å². The fourth-order valence-corrected chi connectivity index (χ4v) is 4.67. The topological polar surface area (TPSA) is 93.1 Å². The van der Waals surface area contributed by atoms with Gasteiger partial charge in [-0.15, -0.1) is 0 Å². The number of nitrogens with one attached hydrogen (secondary N) is 2. The van der Waals surface area contributed by atoms with E-state index in [1.165, 1.54) is 48.5 Å². The number of anilines is 1. The molecule has 1 aliphatic carbocycles. The van der Waals surface area contributed by atoms with Crippen LogP contribution >= 0.6 is 0 Å². The number of fused-ring (bicyclic) bond motifs is 1. The maximum atomic E-state index is 13.0. The van der Waals surface area contributed by atoms with Crippen molar-refractivity contribution in [3.63, 3.8) is 0 Å². The van der Waals surface area contributed by atoms with Crippen LogP contribution < -0.4 is 10.0 Å². The number of aromatic nitrogens is 2. The van der Waals surface area contributed by atoms with Crippen LogP contribution in [0.1, 0.15) is 40.5 Å². The number of nitrogens with zero attached hydrogens (tertiary/aromatic N) is 2. The van der Waals surface area contributed by atoms with Gasteiger partial charge in [0, 0.05) is 29.6 Å². The molecule has 0 bridgehead atoms. The Balaban J connectivity index is 1.47. The molecule has 9 heteroatoms. The molecule has 30 heavy (non-hydrogen) atoms. The molecule has 1 aliphatic rings. The van der Waals surface area contributed by atoms with E-state index in [1.807, 2.05) is 11.7 Å². The molecule has 0 saturated heterocycles. The van der Waals surface area contributed by atoms with Gasteiger partial charge in [0.05, 0.1) is 17.1 Å². The molecule has 0 spiro atoms. The van der Waals surface area contributed by atoms with Crippen molar-refractivity contribution < 1.29 is 17.6 Å². The van der Waals surface area contributed by atoms with Crippen molar-refractivity contribution in [2.45, 2.75) is 30.2 Å². The summed E-state index contributed by atoms with van der Waals surface area (Å²) in [7, 11) is -1.96. The number of carbonyl (C=O) groups excluding carboxylic acids is 1. The third-order valence-corrected chi connectivity index (χ3v) is 6.60. The molecule has 1 atom stereocenters. The van der Waals surface area contributed by atoms with Crippen molar-refractivity contribution in [1.29, 1.82) is 0 Å². The number of amides is 1. The molecule has 3 aromatic rings. The van der Waals surface area contributed by atoms with Crippen LogP contribution in [0.3, 0.4) is 0 Å². The molecule has 4 rings (SSSR count). The monoisotopic (exact) mass is 428 g/mol. The minimum absolute atomic E-state index is 0.00980. The zero-order valence-electron chi connectivity index (χ0n) is 16.3. The van der Waals surface area contributed by atoms with Crippen LogP contribution in [0.15, 0.2) is 59.6 Å². The minimum Gasteiger partial charge on any atom is -0.345 e. The van der Waals surface area contributed by atoms with Crippen molar-refractivity contribution in [3.8, 4) is 0 Å². The van der Waals surface area contributed by atoms with E-state index in [-0.39, 0.29) is 22.5 Å². The summed E-state index contributed by atoms with van der Waals surface area (Å²) in [4.78, 5) is 12.7. The van der Waals surface area contributed by atoms with Crippen LogP contribution in [0.2, 0.25) is 0 Å². The lowest BCUT2D eigenvalue weighted by molar-refractivity contribution is 0.0932. The van der Waals surface area contributed by atoms with Gasteiger partial charge in [-0.1, -0.05) is 0 Å². The largest absolute Gasteiger partial charge is 0.345 e. The third-order valence-electron chi connectivity index (χ3n) is 5.20. The van der Waals surface area contributed by atoms with Gasteiger partial charge >= 0.3 is 0 Å². The lowest BCUT2D eigenvalue weighted by Gasteiger charge is -2.23. The number of aryl methyl sites for hydroxylation is 1. The number of rotatable bonds is 5. The molecule has 0 fully saturated rings. The van der Waals surface area contributed by atoms with Crippen LogP contribution in [0, 0.1) is 5.82 Å². The highest BCUT2D eigenvalue weighted by atomic mass is 32.2. The van der Waals surface area contributed by atoms with Crippen LogP contribution in [-0.4, -0.2) is 24.1 Å².